The number of ether oxygens (including phenoxy) is 1. The molecule has 0 aliphatic rings. The van der Waals surface area contributed by atoms with Crippen molar-refractivity contribution in [3.8, 4) is 17.0 Å². The molecule has 0 saturated carbocycles. The normalized spacial score (nSPS) is 10.7. The van der Waals surface area contributed by atoms with E-state index in [1.807, 2.05) is 37.3 Å². The Morgan fingerprint density at radius 1 is 1.04 bits per heavy atom. The molecule has 0 aliphatic carbocycles. The molecule has 0 spiro atoms. The number of hydrogen-bond donors (Lipinski definition) is 1. The zero-order valence-corrected chi connectivity index (χ0v) is 15.5. The first kappa shape index (κ1) is 17.8. The topological polar surface area (TPSA) is 57.2 Å². The van der Waals surface area contributed by atoms with Crippen molar-refractivity contribution in [1.82, 2.24) is 4.57 Å². The summed E-state index contributed by atoms with van der Waals surface area (Å²) in [7, 11) is 1.65. The van der Waals surface area contributed by atoms with Crippen LogP contribution in [0.5, 0.6) is 5.75 Å². The number of primary amides is 1. The highest BCUT2D eigenvalue weighted by Crippen LogP contribution is 2.28. The maximum absolute atomic E-state index is 11.8. The molecule has 0 atom stereocenters. The molecule has 1 amide bonds. The number of carbonyl (C=O) groups is 1. The van der Waals surface area contributed by atoms with Gasteiger partial charge in [-0.2, -0.15) is 0 Å². The molecule has 0 fully saturated rings. The fourth-order valence-electron chi connectivity index (χ4n) is 3.18. The number of rotatable bonds is 6. The summed E-state index contributed by atoms with van der Waals surface area (Å²) in [5.74, 6) is 0.407. The minimum Gasteiger partial charge on any atom is -0.497 e. The van der Waals surface area contributed by atoms with Crippen LogP contribution in [0.2, 0.25) is 0 Å². The Balaban J connectivity index is 1.95. The SMILES string of the molecule is COc1ccc(-c2cc(C(N)=O)c(C)n2CCc2ccc(C)cc2)cc1. The van der Waals surface area contributed by atoms with Gasteiger partial charge in [0.25, 0.3) is 5.91 Å². The van der Waals surface area contributed by atoms with E-state index < -0.39 is 5.91 Å². The summed E-state index contributed by atoms with van der Waals surface area (Å²) < 4.78 is 7.40. The number of carbonyl (C=O) groups excluding carboxylic acids is 1. The van der Waals surface area contributed by atoms with Gasteiger partial charge in [0.15, 0.2) is 0 Å². The van der Waals surface area contributed by atoms with Crippen LogP contribution in [0.1, 0.15) is 27.2 Å². The maximum atomic E-state index is 11.8. The van der Waals surface area contributed by atoms with Gasteiger partial charge in [-0.3, -0.25) is 4.79 Å². The first-order valence-corrected chi connectivity index (χ1v) is 8.69. The van der Waals surface area contributed by atoms with Gasteiger partial charge in [-0.1, -0.05) is 29.8 Å². The van der Waals surface area contributed by atoms with E-state index >= 15 is 0 Å². The second kappa shape index (κ2) is 7.48. The molecular formula is C22H24N2O2. The van der Waals surface area contributed by atoms with Crippen LogP contribution in [0.25, 0.3) is 11.3 Å². The average Bonchev–Trinajstić information content (AvgIpc) is 2.98. The van der Waals surface area contributed by atoms with E-state index in [-0.39, 0.29) is 0 Å². The average molecular weight is 348 g/mol. The Labute approximate surface area is 154 Å². The molecule has 0 unspecified atom stereocenters. The molecule has 0 bridgehead atoms. The highest BCUT2D eigenvalue weighted by atomic mass is 16.5. The van der Waals surface area contributed by atoms with E-state index in [4.69, 9.17) is 10.5 Å². The smallest absolute Gasteiger partial charge is 0.250 e. The van der Waals surface area contributed by atoms with Crippen LogP contribution in [-0.4, -0.2) is 17.6 Å². The molecule has 0 aliphatic heterocycles. The summed E-state index contributed by atoms with van der Waals surface area (Å²) in [4.78, 5) is 11.8. The van der Waals surface area contributed by atoms with Crippen LogP contribution in [0, 0.1) is 13.8 Å². The number of amides is 1. The van der Waals surface area contributed by atoms with Crippen molar-refractivity contribution in [2.45, 2.75) is 26.8 Å². The molecule has 3 rings (SSSR count). The first-order valence-electron chi connectivity index (χ1n) is 8.69. The van der Waals surface area contributed by atoms with Crippen LogP contribution in [-0.2, 0) is 13.0 Å². The molecule has 0 saturated heterocycles. The summed E-state index contributed by atoms with van der Waals surface area (Å²) in [6.45, 7) is 4.81. The summed E-state index contributed by atoms with van der Waals surface area (Å²) in [6, 6.07) is 18.3. The van der Waals surface area contributed by atoms with Crippen LogP contribution in [0.15, 0.2) is 54.6 Å². The molecule has 134 valence electrons. The van der Waals surface area contributed by atoms with E-state index in [0.717, 1.165) is 35.7 Å². The zero-order valence-electron chi connectivity index (χ0n) is 15.5. The number of aromatic nitrogens is 1. The second-order valence-corrected chi connectivity index (χ2v) is 6.51. The number of hydrogen-bond acceptors (Lipinski definition) is 2. The van der Waals surface area contributed by atoms with E-state index in [2.05, 4.69) is 35.8 Å². The van der Waals surface area contributed by atoms with E-state index in [1.54, 1.807) is 7.11 Å². The minimum atomic E-state index is -0.397. The quantitative estimate of drug-likeness (QED) is 0.728. The van der Waals surface area contributed by atoms with E-state index in [9.17, 15) is 4.79 Å². The van der Waals surface area contributed by atoms with Gasteiger partial charge < -0.3 is 15.0 Å². The van der Waals surface area contributed by atoms with Gasteiger partial charge in [-0.15, -0.1) is 0 Å². The molecule has 0 radical (unpaired) electrons. The summed E-state index contributed by atoms with van der Waals surface area (Å²) >= 11 is 0. The van der Waals surface area contributed by atoms with Gasteiger partial charge >= 0.3 is 0 Å². The summed E-state index contributed by atoms with van der Waals surface area (Å²) in [5, 5.41) is 0. The molecule has 4 heteroatoms. The Kier molecular flexibility index (Phi) is 5.12. The van der Waals surface area contributed by atoms with Crippen molar-refractivity contribution in [2.24, 2.45) is 5.73 Å². The number of methoxy groups -OCH3 is 1. The molecule has 4 nitrogen and oxygen atoms in total. The second-order valence-electron chi connectivity index (χ2n) is 6.51. The minimum absolute atomic E-state index is 0.397. The largest absolute Gasteiger partial charge is 0.497 e. The number of benzene rings is 2. The van der Waals surface area contributed by atoms with Crippen LogP contribution < -0.4 is 10.5 Å². The zero-order chi connectivity index (χ0) is 18.7. The third-order valence-corrected chi connectivity index (χ3v) is 4.76. The molecule has 1 aromatic heterocycles. The van der Waals surface area contributed by atoms with Gasteiger partial charge in [-0.05, 0) is 61.7 Å². The van der Waals surface area contributed by atoms with E-state index in [0.29, 0.717) is 5.56 Å². The lowest BCUT2D eigenvalue weighted by atomic mass is 10.1. The van der Waals surface area contributed by atoms with Crippen molar-refractivity contribution in [3.05, 3.63) is 77.0 Å². The van der Waals surface area contributed by atoms with Gasteiger partial charge in [0, 0.05) is 17.9 Å². The molecule has 2 aromatic carbocycles. The number of nitrogens with two attached hydrogens (primary N) is 1. The predicted octanol–water partition coefficient (Wildman–Crippen LogP) is 4.12. The Bertz CT molecular complexity index is 907. The number of nitrogens with zero attached hydrogens (tertiary/aromatic N) is 1. The third-order valence-electron chi connectivity index (χ3n) is 4.76. The molecule has 3 aromatic rings. The lowest BCUT2D eigenvalue weighted by molar-refractivity contribution is 0.0999. The van der Waals surface area contributed by atoms with Gasteiger partial charge in [0.05, 0.1) is 12.7 Å². The fraction of sp³-hybridized carbons (Fsp3) is 0.227. The lowest BCUT2D eigenvalue weighted by Gasteiger charge is -2.13. The Hall–Kier alpha value is -3.01. The van der Waals surface area contributed by atoms with Crippen molar-refractivity contribution in [1.29, 1.82) is 0 Å². The summed E-state index contributed by atoms with van der Waals surface area (Å²) in [6.07, 6.45) is 0.886. The maximum Gasteiger partial charge on any atom is 0.250 e. The van der Waals surface area contributed by atoms with Crippen molar-refractivity contribution in [3.63, 3.8) is 0 Å². The predicted molar refractivity (Wildman–Crippen MR) is 105 cm³/mol. The van der Waals surface area contributed by atoms with Crippen molar-refractivity contribution >= 4 is 5.91 Å². The van der Waals surface area contributed by atoms with Crippen LogP contribution in [0.3, 0.4) is 0 Å². The van der Waals surface area contributed by atoms with Crippen LogP contribution >= 0.6 is 0 Å². The monoisotopic (exact) mass is 348 g/mol. The summed E-state index contributed by atoms with van der Waals surface area (Å²) in [5.41, 5.74) is 11.6. The highest BCUT2D eigenvalue weighted by Gasteiger charge is 2.16. The Morgan fingerprint density at radius 3 is 2.27 bits per heavy atom. The van der Waals surface area contributed by atoms with E-state index in [1.165, 1.54) is 11.1 Å². The first-order chi connectivity index (χ1) is 12.5. The highest BCUT2D eigenvalue weighted by molar-refractivity contribution is 5.95. The molecular weight excluding hydrogens is 324 g/mol. The van der Waals surface area contributed by atoms with Gasteiger partial charge in [0.2, 0.25) is 0 Å². The Morgan fingerprint density at radius 2 is 1.69 bits per heavy atom. The fourth-order valence-corrected chi connectivity index (χ4v) is 3.18. The van der Waals surface area contributed by atoms with Gasteiger partial charge in [-0.25, -0.2) is 0 Å². The third kappa shape index (κ3) is 3.64. The van der Waals surface area contributed by atoms with Gasteiger partial charge in [0.1, 0.15) is 5.75 Å². The molecule has 26 heavy (non-hydrogen) atoms. The standard InChI is InChI=1S/C22H24N2O2/c1-15-4-6-17(7-5-15)12-13-24-16(2)20(22(23)25)14-21(24)18-8-10-19(26-3)11-9-18/h4-11,14H,12-13H2,1-3H3,(H2,23,25). The van der Waals surface area contributed by atoms with Crippen LogP contribution in [0.4, 0.5) is 0 Å². The lowest BCUT2D eigenvalue weighted by Crippen LogP contribution is -2.13. The van der Waals surface area contributed by atoms with Crippen molar-refractivity contribution in [2.75, 3.05) is 7.11 Å². The van der Waals surface area contributed by atoms with Crippen molar-refractivity contribution < 1.29 is 9.53 Å². The molecule has 2 N–H and O–H groups in total. The number of aryl methyl sites for hydroxylation is 2. The molecule has 1 heterocycles.